The average molecular weight is 258 g/mol. The van der Waals surface area contributed by atoms with Crippen LogP contribution in [0.4, 0.5) is 5.69 Å². The zero-order chi connectivity index (χ0) is 10.6. The maximum Gasteiger partial charge on any atom is 0.269 e. The number of nitrogens with zero attached hydrogens (tertiary/aromatic N) is 1. The molecule has 0 amide bonds. The monoisotopic (exact) mass is 257 g/mol. The van der Waals surface area contributed by atoms with Crippen molar-refractivity contribution in [2.24, 2.45) is 0 Å². The summed E-state index contributed by atoms with van der Waals surface area (Å²) in [5.41, 5.74) is 0.860. The van der Waals surface area contributed by atoms with Crippen LogP contribution in [0, 0.1) is 10.1 Å². The molecule has 0 radical (unpaired) electrons. The summed E-state index contributed by atoms with van der Waals surface area (Å²) >= 11 is 3.14. The Morgan fingerprint density at radius 2 is 2.07 bits per heavy atom. The van der Waals surface area contributed by atoms with E-state index in [1.807, 2.05) is 0 Å². The predicted molar refractivity (Wildman–Crippen MR) is 57.1 cm³/mol. The lowest BCUT2D eigenvalue weighted by Gasteiger charge is -1.95. The molecule has 0 unspecified atom stereocenters. The molecule has 1 aromatic rings. The number of nitro benzene ring substituents is 1. The Kier molecular flexibility index (Phi) is 3.79. The Hall–Kier alpha value is -1.20. The Labute approximate surface area is 89.2 Å². The second-order valence-electron chi connectivity index (χ2n) is 2.60. The van der Waals surface area contributed by atoms with Crippen molar-refractivity contribution in [3.63, 3.8) is 0 Å². The van der Waals surface area contributed by atoms with Crippen LogP contribution in [-0.4, -0.2) is 16.6 Å². The third kappa shape index (κ3) is 2.93. The van der Waals surface area contributed by atoms with Crippen molar-refractivity contribution in [3.8, 4) is 0 Å². The molecule has 1 rings (SSSR count). The molecule has 0 heterocycles. The van der Waals surface area contributed by atoms with Gasteiger partial charge in [-0.1, -0.05) is 15.9 Å². The highest BCUT2D eigenvalue weighted by atomic mass is 79.9. The first-order chi connectivity index (χ1) is 6.63. The van der Waals surface area contributed by atoms with Crippen molar-refractivity contribution in [3.05, 3.63) is 44.4 Å². The van der Waals surface area contributed by atoms with Gasteiger partial charge in [0, 0.05) is 16.6 Å². The number of non-ortho nitro benzene ring substituents is 1. The fraction of sp³-hybridized carbons (Fsp3) is 0.111. The Balaban J connectivity index is 2.89. The van der Waals surface area contributed by atoms with Crippen LogP contribution in [0.1, 0.15) is 5.56 Å². The molecule has 4 nitrogen and oxygen atoms in total. The first-order valence-corrected chi connectivity index (χ1v) is 4.64. The Bertz CT molecular complexity index is 359. The number of halogens is 1. The van der Waals surface area contributed by atoms with Crippen molar-refractivity contribution in [1.82, 2.24) is 0 Å². The van der Waals surface area contributed by atoms with Gasteiger partial charge in [0.1, 0.15) is 0 Å². The summed E-state index contributed by atoms with van der Waals surface area (Å²) in [6.07, 6.45) is 1.70. The van der Waals surface area contributed by atoms with Crippen LogP contribution in [0.5, 0.6) is 0 Å². The van der Waals surface area contributed by atoms with Gasteiger partial charge in [-0.3, -0.25) is 10.1 Å². The summed E-state index contributed by atoms with van der Waals surface area (Å²) in [4.78, 5) is 9.88. The zero-order valence-electron chi connectivity index (χ0n) is 7.18. The highest BCUT2D eigenvalue weighted by Gasteiger charge is 2.02. The van der Waals surface area contributed by atoms with Gasteiger partial charge in [-0.2, -0.15) is 0 Å². The van der Waals surface area contributed by atoms with Crippen LogP contribution in [0.3, 0.4) is 0 Å². The van der Waals surface area contributed by atoms with E-state index in [4.69, 9.17) is 5.11 Å². The van der Waals surface area contributed by atoms with Gasteiger partial charge in [-0.15, -0.1) is 0 Å². The van der Waals surface area contributed by atoms with Gasteiger partial charge in [0.15, 0.2) is 0 Å². The number of aliphatic hydroxyl groups is 1. The molecule has 0 aromatic heterocycles. The van der Waals surface area contributed by atoms with Gasteiger partial charge in [0.25, 0.3) is 5.69 Å². The van der Waals surface area contributed by atoms with Gasteiger partial charge >= 0.3 is 0 Å². The van der Waals surface area contributed by atoms with Crippen molar-refractivity contribution >= 4 is 27.7 Å². The van der Waals surface area contributed by atoms with E-state index >= 15 is 0 Å². The largest absolute Gasteiger partial charge is 0.391 e. The minimum absolute atomic E-state index is 0.0577. The lowest BCUT2D eigenvalue weighted by molar-refractivity contribution is -0.384. The van der Waals surface area contributed by atoms with Crippen LogP contribution in [0.2, 0.25) is 0 Å². The van der Waals surface area contributed by atoms with E-state index in [1.165, 1.54) is 12.1 Å². The normalized spacial score (nSPS) is 11.4. The third-order valence-corrected chi connectivity index (χ3v) is 2.06. The van der Waals surface area contributed by atoms with E-state index in [9.17, 15) is 10.1 Å². The molecule has 0 atom stereocenters. The summed E-state index contributed by atoms with van der Waals surface area (Å²) in [5.74, 6) is 0. The molecule has 74 valence electrons. The molecule has 0 saturated carbocycles. The molecular weight excluding hydrogens is 250 g/mol. The fourth-order valence-electron chi connectivity index (χ4n) is 0.919. The smallest absolute Gasteiger partial charge is 0.269 e. The highest BCUT2D eigenvalue weighted by Crippen LogP contribution is 2.15. The molecule has 0 aliphatic carbocycles. The summed E-state index contributed by atoms with van der Waals surface area (Å²) in [6.45, 7) is -0.0863. The molecule has 0 bridgehead atoms. The van der Waals surface area contributed by atoms with E-state index in [-0.39, 0.29) is 12.3 Å². The number of benzene rings is 1. The van der Waals surface area contributed by atoms with E-state index < -0.39 is 4.92 Å². The summed E-state index contributed by atoms with van der Waals surface area (Å²) in [5, 5.41) is 19.0. The predicted octanol–water partition coefficient (Wildman–Crippen LogP) is 2.32. The number of aliphatic hydroxyl groups excluding tert-OH is 1. The van der Waals surface area contributed by atoms with Crippen LogP contribution in [-0.2, 0) is 0 Å². The first-order valence-electron chi connectivity index (χ1n) is 3.85. The van der Waals surface area contributed by atoms with Crippen LogP contribution >= 0.6 is 15.9 Å². The SMILES string of the molecule is O=[N+]([O-])c1ccc(C=C(Br)CO)cc1. The van der Waals surface area contributed by atoms with Crippen molar-refractivity contribution in [2.45, 2.75) is 0 Å². The lowest BCUT2D eigenvalue weighted by Crippen LogP contribution is -1.87. The first kappa shape index (κ1) is 10.9. The standard InChI is InChI=1S/C9H8BrNO3/c10-8(6-12)5-7-1-3-9(4-2-7)11(13)14/h1-5,12H,6H2. The molecule has 0 saturated heterocycles. The summed E-state index contributed by atoms with van der Waals surface area (Å²) in [7, 11) is 0. The minimum atomic E-state index is -0.450. The second-order valence-corrected chi connectivity index (χ2v) is 3.62. The maximum absolute atomic E-state index is 10.3. The topological polar surface area (TPSA) is 63.4 Å². The fourth-order valence-corrected chi connectivity index (χ4v) is 1.18. The van der Waals surface area contributed by atoms with E-state index in [0.29, 0.717) is 4.48 Å². The lowest BCUT2D eigenvalue weighted by atomic mass is 10.2. The van der Waals surface area contributed by atoms with Crippen molar-refractivity contribution < 1.29 is 10.0 Å². The average Bonchev–Trinajstić information content (AvgIpc) is 2.18. The van der Waals surface area contributed by atoms with Crippen LogP contribution in [0.25, 0.3) is 6.08 Å². The Morgan fingerprint density at radius 1 is 1.50 bits per heavy atom. The minimum Gasteiger partial charge on any atom is -0.391 e. The zero-order valence-corrected chi connectivity index (χ0v) is 8.77. The molecule has 1 aromatic carbocycles. The Morgan fingerprint density at radius 3 is 2.50 bits per heavy atom. The highest BCUT2D eigenvalue weighted by molar-refractivity contribution is 9.11. The second kappa shape index (κ2) is 4.88. The molecule has 0 aliphatic rings. The van der Waals surface area contributed by atoms with Crippen LogP contribution < -0.4 is 0 Å². The maximum atomic E-state index is 10.3. The number of rotatable bonds is 3. The molecular formula is C9H8BrNO3. The van der Waals surface area contributed by atoms with Gasteiger partial charge in [0.05, 0.1) is 11.5 Å². The van der Waals surface area contributed by atoms with Gasteiger partial charge in [-0.25, -0.2) is 0 Å². The van der Waals surface area contributed by atoms with Crippen molar-refractivity contribution in [1.29, 1.82) is 0 Å². The van der Waals surface area contributed by atoms with Gasteiger partial charge < -0.3 is 5.11 Å². The summed E-state index contributed by atoms with van der Waals surface area (Å²) < 4.78 is 0.631. The third-order valence-electron chi connectivity index (χ3n) is 1.58. The van der Waals surface area contributed by atoms with E-state index in [0.717, 1.165) is 5.56 Å². The van der Waals surface area contributed by atoms with E-state index in [2.05, 4.69) is 15.9 Å². The van der Waals surface area contributed by atoms with E-state index in [1.54, 1.807) is 18.2 Å². The number of hydrogen-bond donors (Lipinski definition) is 1. The summed E-state index contributed by atoms with van der Waals surface area (Å²) in [6, 6.07) is 6.08. The molecule has 1 N–H and O–H groups in total. The van der Waals surface area contributed by atoms with Crippen LogP contribution in [0.15, 0.2) is 28.7 Å². The quantitative estimate of drug-likeness (QED) is 0.668. The number of hydrogen-bond acceptors (Lipinski definition) is 3. The van der Waals surface area contributed by atoms with Gasteiger partial charge in [-0.05, 0) is 23.8 Å². The van der Waals surface area contributed by atoms with Crippen molar-refractivity contribution in [2.75, 3.05) is 6.61 Å². The molecule has 14 heavy (non-hydrogen) atoms. The molecule has 0 aliphatic heterocycles. The molecule has 5 heteroatoms. The number of nitro groups is 1. The molecule has 0 fully saturated rings. The van der Waals surface area contributed by atoms with Gasteiger partial charge in [0.2, 0.25) is 0 Å². The molecule has 0 spiro atoms.